The van der Waals surface area contributed by atoms with Crippen LogP contribution in [0.3, 0.4) is 0 Å². The molecule has 1 fully saturated rings. The van der Waals surface area contributed by atoms with Crippen molar-refractivity contribution < 1.29 is 28.7 Å². The van der Waals surface area contributed by atoms with E-state index in [0.717, 1.165) is 0 Å². The lowest BCUT2D eigenvalue weighted by molar-refractivity contribution is -0.149. The van der Waals surface area contributed by atoms with Crippen molar-refractivity contribution in [3.05, 3.63) is 0 Å². The van der Waals surface area contributed by atoms with Crippen LogP contribution in [0.4, 0.5) is 4.79 Å². The van der Waals surface area contributed by atoms with E-state index >= 15 is 0 Å². The Bertz CT molecular complexity index is 451. The Morgan fingerprint density at radius 2 is 1.58 bits per heavy atom. The van der Waals surface area contributed by atoms with Gasteiger partial charge in [0, 0.05) is 24.9 Å². The SMILES string of the molecule is CC(=O)[C@@H](C)COC(=O)C1CN(C(=O)OC[C@H](C)C(C)=O)CCN1. The van der Waals surface area contributed by atoms with Gasteiger partial charge in [0.05, 0.1) is 6.54 Å². The number of hydrogen-bond donors (Lipinski definition) is 1. The number of carbonyl (C=O) groups is 4. The van der Waals surface area contributed by atoms with Crippen LogP contribution in [0.25, 0.3) is 0 Å². The number of piperazine rings is 1. The van der Waals surface area contributed by atoms with Gasteiger partial charge in [0.2, 0.25) is 0 Å². The number of carbonyl (C=O) groups excluding carboxylic acids is 4. The van der Waals surface area contributed by atoms with Crippen LogP contribution >= 0.6 is 0 Å². The largest absolute Gasteiger partial charge is 0.464 e. The second-order valence-corrected chi connectivity index (χ2v) is 6.18. The minimum Gasteiger partial charge on any atom is -0.464 e. The fourth-order valence-corrected chi connectivity index (χ4v) is 1.90. The highest BCUT2D eigenvalue weighted by Gasteiger charge is 2.30. The summed E-state index contributed by atoms with van der Waals surface area (Å²) < 4.78 is 10.2. The Balaban J connectivity index is 2.45. The monoisotopic (exact) mass is 342 g/mol. The summed E-state index contributed by atoms with van der Waals surface area (Å²) in [4.78, 5) is 47.7. The van der Waals surface area contributed by atoms with Gasteiger partial charge in [-0.2, -0.15) is 0 Å². The molecule has 1 N–H and O–H groups in total. The van der Waals surface area contributed by atoms with Crippen LogP contribution in [0.1, 0.15) is 27.7 Å². The summed E-state index contributed by atoms with van der Waals surface area (Å²) in [5.41, 5.74) is 0. The highest BCUT2D eigenvalue weighted by molar-refractivity contribution is 5.80. The van der Waals surface area contributed by atoms with Gasteiger partial charge in [-0.15, -0.1) is 0 Å². The van der Waals surface area contributed by atoms with Crippen molar-refractivity contribution in [3.8, 4) is 0 Å². The Morgan fingerprint density at radius 1 is 1.04 bits per heavy atom. The first kappa shape index (κ1) is 20.1. The zero-order valence-corrected chi connectivity index (χ0v) is 14.7. The number of ketones is 2. The normalized spacial score (nSPS) is 20.0. The van der Waals surface area contributed by atoms with Crippen LogP contribution in [0.2, 0.25) is 0 Å². The number of nitrogens with zero attached hydrogens (tertiary/aromatic N) is 1. The molecule has 24 heavy (non-hydrogen) atoms. The molecule has 136 valence electrons. The first-order valence-corrected chi connectivity index (χ1v) is 8.05. The van der Waals surface area contributed by atoms with Gasteiger partial charge in [-0.1, -0.05) is 13.8 Å². The standard InChI is InChI=1S/C16H26N2O6/c1-10(12(3)19)8-23-15(21)14-7-18(6-5-17-14)16(22)24-9-11(2)13(4)20/h10-11,14,17H,5-9H2,1-4H3/t10-,11-,14?/m0/s1. The molecule has 1 aliphatic rings. The average Bonchev–Trinajstić information content (AvgIpc) is 2.56. The molecule has 0 radical (unpaired) electrons. The van der Waals surface area contributed by atoms with E-state index in [1.54, 1.807) is 13.8 Å². The summed E-state index contributed by atoms with van der Waals surface area (Å²) in [6, 6.07) is -0.657. The number of hydrogen-bond acceptors (Lipinski definition) is 7. The topological polar surface area (TPSA) is 102 Å². The van der Waals surface area contributed by atoms with Gasteiger partial charge in [0.1, 0.15) is 30.8 Å². The molecule has 1 heterocycles. The maximum absolute atomic E-state index is 12.0. The Labute approximate surface area is 141 Å². The van der Waals surface area contributed by atoms with Crippen molar-refractivity contribution in [2.75, 3.05) is 32.8 Å². The second kappa shape index (κ2) is 9.36. The fourth-order valence-electron chi connectivity index (χ4n) is 1.90. The quantitative estimate of drug-likeness (QED) is 0.668. The molecular formula is C16H26N2O6. The molecular weight excluding hydrogens is 316 g/mol. The highest BCUT2D eigenvalue weighted by atomic mass is 16.6. The number of Topliss-reactive ketones (excluding diaryl/α,β-unsaturated/α-hetero) is 2. The van der Waals surface area contributed by atoms with Crippen molar-refractivity contribution in [1.29, 1.82) is 0 Å². The highest BCUT2D eigenvalue weighted by Crippen LogP contribution is 2.07. The van der Waals surface area contributed by atoms with E-state index in [9.17, 15) is 19.2 Å². The fraction of sp³-hybridized carbons (Fsp3) is 0.750. The third-order valence-electron chi connectivity index (χ3n) is 4.04. The van der Waals surface area contributed by atoms with Crippen LogP contribution in [0.5, 0.6) is 0 Å². The summed E-state index contributed by atoms with van der Waals surface area (Å²) in [7, 11) is 0. The minimum atomic E-state index is -0.657. The number of amides is 1. The maximum atomic E-state index is 12.0. The van der Waals surface area contributed by atoms with E-state index in [0.29, 0.717) is 13.1 Å². The predicted molar refractivity (Wildman–Crippen MR) is 85.4 cm³/mol. The lowest BCUT2D eigenvalue weighted by Gasteiger charge is -2.32. The molecule has 8 heteroatoms. The van der Waals surface area contributed by atoms with Gasteiger partial charge in [-0.25, -0.2) is 4.79 Å². The van der Waals surface area contributed by atoms with Crippen molar-refractivity contribution in [1.82, 2.24) is 10.2 Å². The van der Waals surface area contributed by atoms with Crippen LogP contribution in [-0.2, 0) is 23.9 Å². The molecule has 1 saturated heterocycles. The summed E-state index contributed by atoms with van der Waals surface area (Å²) in [6.45, 7) is 7.25. The second-order valence-electron chi connectivity index (χ2n) is 6.18. The van der Waals surface area contributed by atoms with Crippen LogP contribution in [0, 0.1) is 11.8 Å². The van der Waals surface area contributed by atoms with Gasteiger partial charge in [-0.3, -0.25) is 14.4 Å². The molecule has 1 rings (SSSR count). The Hall–Kier alpha value is -1.96. The third kappa shape index (κ3) is 6.27. The van der Waals surface area contributed by atoms with Gasteiger partial charge in [-0.05, 0) is 13.8 Å². The average molecular weight is 342 g/mol. The van der Waals surface area contributed by atoms with Gasteiger partial charge >= 0.3 is 12.1 Å². The molecule has 1 amide bonds. The number of rotatable bonds is 7. The van der Waals surface area contributed by atoms with Crippen LogP contribution in [-0.4, -0.2) is 67.4 Å². The lowest BCUT2D eigenvalue weighted by Crippen LogP contribution is -2.56. The van der Waals surface area contributed by atoms with E-state index in [1.165, 1.54) is 18.7 Å². The summed E-state index contributed by atoms with van der Waals surface area (Å²) >= 11 is 0. The zero-order chi connectivity index (χ0) is 18.3. The van der Waals surface area contributed by atoms with Crippen molar-refractivity contribution in [3.63, 3.8) is 0 Å². The van der Waals surface area contributed by atoms with E-state index in [1.807, 2.05) is 0 Å². The van der Waals surface area contributed by atoms with Crippen molar-refractivity contribution in [2.24, 2.45) is 11.8 Å². The lowest BCUT2D eigenvalue weighted by atomic mass is 10.1. The van der Waals surface area contributed by atoms with Gasteiger partial charge in [0.15, 0.2) is 0 Å². The number of nitrogens with one attached hydrogen (secondary N) is 1. The molecule has 3 atom stereocenters. The molecule has 0 spiro atoms. The number of esters is 1. The Morgan fingerprint density at radius 3 is 2.12 bits per heavy atom. The van der Waals surface area contributed by atoms with Crippen LogP contribution in [0.15, 0.2) is 0 Å². The molecule has 0 aliphatic carbocycles. The third-order valence-corrected chi connectivity index (χ3v) is 4.04. The van der Waals surface area contributed by atoms with E-state index in [4.69, 9.17) is 9.47 Å². The molecule has 1 unspecified atom stereocenters. The van der Waals surface area contributed by atoms with Gasteiger partial charge < -0.3 is 19.7 Å². The molecule has 0 aromatic carbocycles. The van der Waals surface area contributed by atoms with E-state index < -0.39 is 18.1 Å². The molecule has 8 nitrogen and oxygen atoms in total. The summed E-state index contributed by atoms with van der Waals surface area (Å²) in [5, 5.41) is 2.98. The molecule has 1 aliphatic heterocycles. The number of ether oxygens (including phenoxy) is 2. The molecule has 0 bridgehead atoms. The van der Waals surface area contributed by atoms with E-state index in [-0.39, 0.29) is 43.2 Å². The van der Waals surface area contributed by atoms with Crippen LogP contribution < -0.4 is 5.32 Å². The maximum Gasteiger partial charge on any atom is 0.409 e. The first-order chi connectivity index (χ1) is 11.2. The van der Waals surface area contributed by atoms with E-state index in [2.05, 4.69) is 5.32 Å². The molecule has 0 aromatic heterocycles. The van der Waals surface area contributed by atoms with Crippen molar-refractivity contribution >= 4 is 23.6 Å². The molecule has 0 aromatic rings. The van der Waals surface area contributed by atoms with Crippen molar-refractivity contribution in [2.45, 2.75) is 33.7 Å². The predicted octanol–water partition coefficient (Wildman–Crippen LogP) is 0.390. The first-order valence-electron chi connectivity index (χ1n) is 8.05. The minimum absolute atomic E-state index is 0.0172. The molecule has 0 saturated carbocycles. The summed E-state index contributed by atoms with van der Waals surface area (Å²) in [6.07, 6.45) is -0.556. The smallest absolute Gasteiger partial charge is 0.409 e. The Kier molecular flexibility index (Phi) is 7.84. The zero-order valence-electron chi connectivity index (χ0n) is 14.7. The van der Waals surface area contributed by atoms with Gasteiger partial charge in [0.25, 0.3) is 0 Å². The summed E-state index contributed by atoms with van der Waals surface area (Å²) in [5.74, 6) is -1.32.